The molecule has 4 aromatic rings. The Morgan fingerprint density at radius 3 is 2.44 bits per heavy atom. The van der Waals surface area contributed by atoms with Gasteiger partial charge in [0.1, 0.15) is 0 Å². The van der Waals surface area contributed by atoms with Gasteiger partial charge in [-0.2, -0.15) is 0 Å². The highest BCUT2D eigenvalue weighted by Crippen LogP contribution is 2.36. The minimum atomic E-state index is 0.702. The van der Waals surface area contributed by atoms with Crippen molar-refractivity contribution in [3.8, 4) is 22.4 Å². The van der Waals surface area contributed by atoms with Crippen molar-refractivity contribution in [2.24, 2.45) is 0 Å². The fraction of sp³-hybridized carbons (Fsp3) is 0.0476. The van der Waals surface area contributed by atoms with Crippen molar-refractivity contribution in [2.45, 2.75) is 6.92 Å². The SMILES string of the molecule is Cc1ccc(-c2cc3c(-c4ccncc4)ccc(NC=O)c3[nH]2)cc1. The van der Waals surface area contributed by atoms with Crippen LogP contribution in [0.5, 0.6) is 0 Å². The van der Waals surface area contributed by atoms with Crippen LogP contribution < -0.4 is 5.32 Å². The van der Waals surface area contributed by atoms with E-state index in [1.165, 1.54) is 5.56 Å². The van der Waals surface area contributed by atoms with E-state index in [2.05, 4.69) is 52.5 Å². The second-order valence-corrected chi connectivity index (χ2v) is 6.00. The summed E-state index contributed by atoms with van der Waals surface area (Å²) in [6.45, 7) is 2.07. The van der Waals surface area contributed by atoms with Crippen LogP contribution in [-0.2, 0) is 4.79 Å². The number of carbonyl (C=O) groups is 1. The molecular weight excluding hydrogens is 310 g/mol. The summed E-state index contributed by atoms with van der Waals surface area (Å²) in [6.07, 6.45) is 4.27. The van der Waals surface area contributed by atoms with Gasteiger partial charge in [-0.15, -0.1) is 0 Å². The monoisotopic (exact) mass is 327 g/mol. The van der Waals surface area contributed by atoms with E-state index in [0.29, 0.717) is 6.41 Å². The Morgan fingerprint density at radius 1 is 0.960 bits per heavy atom. The predicted molar refractivity (Wildman–Crippen MR) is 101 cm³/mol. The number of pyridine rings is 1. The molecule has 2 N–H and O–H groups in total. The number of hydrogen-bond donors (Lipinski definition) is 2. The Hall–Kier alpha value is -3.40. The highest BCUT2D eigenvalue weighted by atomic mass is 16.1. The number of aryl methyl sites for hydroxylation is 1. The third kappa shape index (κ3) is 2.78. The number of amides is 1. The topological polar surface area (TPSA) is 57.8 Å². The van der Waals surface area contributed by atoms with Crippen LogP contribution in [-0.4, -0.2) is 16.4 Å². The number of anilines is 1. The smallest absolute Gasteiger partial charge is 0.211 e. The van der Waals surface area contributed by atoms with E-state index in [4.69, 9.17) is 0 Å². The van der Waals surface area contributed by atoms with Gasteiger partial charge in [-0.3, -0.25) is 9.78 Å². The Morgan fingerprint density at radius 2 is 1.72 bits per heavy atom. The van der Waals surface area contributed by atoms with Crippen LogP contribution in [0.15, 0.2) is 67.0 Å². The van der Waals surface area contributed by atoms with Crippen molar-refractivity contribution < 1.29 is 4.79 Å². The lowest BCUT2D eigenvalue weighted by Gasteiger charge is -2.07. The second-order valence-electron chi connectivity index (χ2n) is 6.00. The van der Waals surface area contributed by atoms with Gasteiger partial charge in [0, 0.05) is 23.5 Å². The molecule has 2 aromatic heterocycles. The van der Waals surface area contributed by atoms with E-state index < -0.39 is 0 Å². The lowest BCUT2D eigenvalue weighted by molar-refractivity contribution is -0.105. The zero-order valence-electron chi connectivity index (χ0n) is 13.8. The van der Waals surface area contributed by atoms with E-state index >= 15 is 0 Å². The lowest BCUT2D eigenvalue weighted by Crippen LogP contribution is -1.95. The van der Waals surface area contributed by atoms with Gasteiger partial charge >= 0.3 is 0 Å². The van der Waals surface area contributed by atoms with E-state index in [0.717, 1.165) is 39.0 Å². The average Bonchev–Trinajstić information content (AvgIpc) is 3.09. The molecule has 0 fully saturated rings. The number of rotatable bonds is 4. The molecule has 0 bridgehead atoms. The number of nitrogens with one attached hydrogen (secondary N) is 2. The number of hydrogen-bond acceptors (Lipinski definition) is 2. The first-order chi connectivity index (χ1) is 12.3. The first-order valence-corrected chi connectivity index (χ1v) is 8.09. The third-order valence-corrected chi connectivity index (χ3v) is 4.36. The zero-order chi connectivity index (χ0) is 17.2. The minimum Gasteiger partial charge on any atom is -0.353 e. The van der Waals surface area contributed by atoms with E-state index in [1.807, 2.05) is 24.3 Å². The molecule has 2 heterocycles. The maximum absolute atomic E-state index is 11.0. The molecule has 1 amide bonds. The largest absolute Gasteiger partial charge is 0.353 e. The van der Waals surface area contributed by atoms with Crippen LogP contribution in [0.25, 0.3) is 33.3 Å². The van der Waals surface area contributed by atoms with Gasteiger partial charge in [-0.25, -0.2) is 0 Å². The molecule has 0 aliphatic rings. The molecule has 2 aromatic carbocycles. The molecule has 0 saturated heterocycles. The van der Waals surface area contributed by atoms with Gasteiger partial charge in [-0.05, 0) is 47.9 Å². The second kappa shape index (κ2) is 6.24. The van der Waals surface area contributed by atoms with Crippen molar-refractivity contribution in [1.29, 1.82) is 0 Å². The molecule has 0 unspecified atom stereocenters. The molecule has 0 aliphatic heterocycles. The van der Waals surface area contributed by atoms with Crippen LogP contribution in [0.1, 0.15) is 5.56 Å². The Labute approximate surface area is 145 Å². The number of aromatic nitrogens is 2. The van der Waals surface area contributed by atoms with Gasteiger partial charge in [0.25, 0.3) is 0 Å². The molecule has 0 aliphatic carbocycles. The van der Waals surface area contributed by atoms with E-state index in [9.17, 15) is 4.79 Å². The Bertz CT molecular complexity index is 1030. The molecule has 25 heavy (non-hydrogen) atoms. The average molecular weight is 327 g/mol. The lowest BCUT2D eigenvalue weighted by atomic mass is 10.0. The number of nitrogens with zero attached hydrogens (tertiary/aromatic N) is 1. The molecule has 0 atom stereocenters. The van der Waals surface area contributed by atoms with Crippen molar-refractivity contribution >= 4 is 23.0 Å². The Kier molecular flexibility index (Phi) is 3.78. The van der Waals surface area contributed by atoms with Crippen molar-refractivity contribution in [3.05, 3.63) is 72.6 Å². The van der Waals surface area contributed by atoms with Crippen molar-refractivity contribution in [1.82, 2.24) is 9.97 Å². The molecule has 4 rings (SSSR count). The molecule has 4 heteroatoms. The first-order valence-electron chi connectivity index (χ1n) is 8.09. The normalized spacial score (nSPS) is 10.8. The fourth-order valence-electron chi connectivity index (χ4n) is 3.07. The number of aromatic amines is 1. The fourth-order valence-corrected chi connectivity index (χ4v) is 3.07. The molecule has 0 spiro atoms. The van der Waals surface area contributed by atoms with Gasteiger partial charge in [-0.1, -0.05) is 35.9 Å². The molecule has 4 nitrogen and oxygen atoms in total. The number of fused-ring (bicyclic) bond motifs is 1. The Balaban J connectivity index is 1.95. The molecule has 0 radical (unpaired) electrons. The van der Waals surface area contributed by atoms with Crippen LogP contribution in [0.2, 0.25) is 0 Å². The van der Waals surface area contributed by atoms with Crippen molar-refractivity contribution in [2.75, 3.05) is 5.32 Å². The highest BCUT2D eigenvalue weighted by molar-refractivity contribution is 6.05. The van der Waals surface area contributed by atoms with Crippen LogP contribution in [0.4, 0.5) is 5.69 Å². The van der Waals surface area contributed by atoms with Gasteiger partial charge in [0.15, 0.2) is 0 Å². The third-order valence-electron chi connectivity index (χ3n) is 4.36. The van der Waals surface area contributed by atoms with Gasteiger partial charge in [0.05, 0.1) is 11.2 Å². The maximum atomic E-state index is 11.0. The summed E-state index contributed by atoms with van der Waals surface area (Å²) in [7, 11) is 0. The summed E-state index contributed by atoms with van der Waals surface area (Å²) in [6, 6.07) is 18.4. The standard InChI is InChI=1S/C21H17N3O/c1-14-2-4-16(5-3-14)20-12-18-17(15-8-10-22-11-9-15)6-7-19(23-13-25)21(18)24-20/h2-13,24H,1H3,(H,23,25). The summed E-state index contributed by atoms with van der Waals surface area (Å²) in [5, 5.41) is 3.84. The summed E-state index contributed by atoms with van der Waals surface area (Å²) in [4.78, 5) is 18.5. The summed E-state index contributed by atoms with van der Waals surface area (Å²) < 4.78 is 0. The van der Waals surface area contributed by atoms with Crippen LogP contribution in [0.3, 0.4) is 0 Å². The molecular formula is C21H17N3O. The maximum Gasteiger partial charge on any atom is 0.211 e. The quantitative estimate of drug-likeness (QED) is 0.530. The summed E-state index contributed by atoms with van der Waals surface area (Å²) >= 11 is 0. The summed E-state index contributed by atoms with van der Waals surface area (Å²) in [5.41, 5.74) is 7.22. The predicted octanol–water partition coefficient (Wildman–Crippen LogP) is 4.77. The van der Waals surface area contributed by atoms with Gasteiger partial charge < -0.3 is 10.3 Å². The minimum absolute atomic E-state index is 0.702. The first kappa shape index (κ1) is 15.1. The van der Waals surface area contributed by atoms with Crippen LogP contribution >= 0.6 is 0 Å². The van der Waals surface area contributed by atoms with Gasteiger partial charge in [0.2, 0.25) is 6.41 Å². The number of H-pyrrole nitrogens is 1. The summed E-state index contributed by atoms with van der Waals surface area (Å²) in [5.74, 6) is 0. The molecule has 122 valence electrons. The van der Waals surface area contributed by atoms with Crippen LogP contribution in [0, 0.1) is 6.92 Å². The van der Waals surface area contributed by atoms with E-state index in [1.54, 1.807) is 12.4 Å². The van der Waals surface area contributed by atoms with E-state index in [-0.39, 0.29) is 0 Å². The van der Waals surface area contributed by atoms with Crippen molar-refractivity contribution in [3.63, 3.8) is 0 Å². The zero-order valence-corrected chi connectivity index (χ0v) is 13.8. The number of carbonyl (C=O) groups excluding carboxylic acids is 1. The highest BCUT2D eigenvalue weighted by Gasteiger charge is 2.12. The number of benzene rings is 2. The molecule has 0 saturated carbocycles.